The van der Waals surface area contributed by atoms with Crippen molar-refractivity contribution < 1.29 is 13.6 Å². The Labute approximate surface area is 178 Å². The molecule has 2 aromatic heterocycles. The fourth-order valence-corrected chi connectivity index (χ4v) is 4.86. The van der Waals surface area contributed by atoms with E-state index in [0.717, 1.165) is 49.7 Å². The lowest BCUT2D eigenvalue weighted by Crippen LogP contribution is -2.34. The van der Waals surface area contributed by atoms with Crippen molar-refractivity contribution in [1.82, 2.24) is 10.2 Å². The van der Waals surface area contributed by atoms with Gasteiger partial charge in [0.25, 0.3) is 11.8 Å². The van der Waals surface area contributed by atoms with Crippen LogP contribution in [0, 0.1) is 0 Å². The van der Waals surface area contributed by atoms with Crippen LogP contribution in [0.2, 0.25) is 0 Å². The lowest BCUT2D eigenvalue weighted by molar-refractivity contribution is 0.414. The third kappa shape index (κ3) is 2.84. The van der Waals surface area contributed by atoms with Gasteiger partial charge in [0.05, 0.1) is 12.7 Å². The highest BCUT2D eigenvalue weighted by Crippen LogP contribution is 2.40. The second-order valence-corrected chi connectivity index (χ2v) is 8.04. The van der Waals surface area contributed by atoms with E-state index < -0.39 is 5.63 Å². The summed E-state index contributed by atoms with van der Waals surface area (Å²) in [5, 5.41) is 9.16. The number of fused-ring (bicyclic) bond motifs is 2. The molecule has 0 bridgehead atoms. The Balaban J connectivity index is 1.49. The SMILES string of the molecule is COc1ccccc1-c1nnc(-c2cc3cc4c5c(c3oc2=O)CCCN5CCC4)o1. The van der Waals surface area contributed by atoms with Crippen molar-refractivity contribution in [2.45, 2.75) is 25.7 Å². The number of hydrogen-bond acceptors (Lipinski definition) is 7. The zero-order chi connectivity index (χ0) is 20.9. The number of hydrogen-bond donors (Lipinski definition) is 0. The van der Waals surface area contributed by atoms with Crippen LogP contribution in [-0.4, -0.2) is 30.4 Å². The van der Waals surface area contributed by atoms with Crippen LogP contribution < -0.4 is 15.3 Å². The van der Waals surface area contributed by atoms with Crippen LogP contribution in [0.25, 0.3) is 33.9 Å². The first kappa shape index (κ1) is 18.2. The van der Waals surface area contributed by atoms with Gasteiger partial charge in [-0.25, -0.2) is 4.79 Å². The summed E-state index contributed by atoms with van der Waals surface area (Å²) in [5.41, 5.74) is 4.92. The molecule has 0 N–H and O–H groups in total. The predicted octanol–water partition coefficient (Wildman–Crippen LogP) is 4.22. The molecule has 4 heterocycles. The summed E-state index contributed by atoms with van der Waals surface area (Å²) in [7, 11) is 1.59. The van der Waals surface area contributed by atoms with E-state index in [1.165, 1.54) is 11.3 Å². The van der Waals surface area contributed by atoms with E-state index in [0.29, 0.717) is 22.8 Å². The topological polar surface area (TPSA) is 81.6 Å². The molecular formula is C24H21N3O4. The van der Waals surface area contributed by atoms with Crippen LogP contribution in [0.1, 0.15) is 24.0 Å². The Morgan fingerprint density at radius 2 is 1.74 bits per heavy atom. The summed E-state index contributed by atoms with van der Waals surface area (Å²) >= 11 is 0. The minimum Gasteiger partial charge on any atom is -0.496 e. The molecule has 2 aliphatic heterocycles. The minimum atomic E-state index is -0.466. The smallest absolute Gasteiger partial charge is 0.349 e. The maximum atomic E-state index is 12.9. The lowest BCUT2D eigenvalue weighted by atomic mass is 9.90. The number of anilines is 1. The molecule has 0 amide bonds. The normalized spacial score (nSPS) is 15.2. The van der Waals surface area contributed by atoms with Crippen molar-refractivity contribution in [2.24, 2.45) is 0 Å². The fraction of sp³-hybridized carbons (Fsp3) is 0.292. The number of methoxy groups -OCH3 is 1. The minimum absolute atomic E-state index is 0.143. The average molecular weight is 415 g/mol. The molecule has 7 heteroatoms. The summed E-state index contributed by atoms with van der Waals surface area (Å²) in [5.74, 6) is 1.06. The van der Waals surface area contributed by atoms with Crippen LogP contribution in [-0.2, 0) is 12.8 Å². The van der Waals surface area contributed by atoms with E-state index >= 15 is 0 Å². The highest BCUT2D eigenvalue weighted by Gasteiger charge is 2.27. The molecular weight excluding hydrogens is 394 g/mol. The van der Waals surface area contributed by atoms with Crippen molar-refractivity contribution in [1.29, 1.82) is 0 Å². The standard InChI is InChI=1S/C24H21N3O4/c1-29-19-9-3-2-7-16(19)22-25-26-23(31-22)18-13-15-12-14-6-4-10-27-11-5-8-17(20(14)27)21(15)30-24(18)28/h2-3,7,9,12-13H,4-6,8,10-11H2,1H3. The fourth-order valence-electron chi connectivity index (χ4n) is 4.86. The second kappa shape index (κ2) is 6.97. The first-order chi connectivity index (χ1) is 15.2. The average Bonchev–Trinajstić information content (AvgIpc) is 3.29. The van der Waals surface area contributed by atoms with Crippen molar-refractivity contribution >= 4 is 16.7 Å². The Kier molecular flexibility index (Phi) is 4.09. The molecule has 0 saturated heterocycles. The maximum absolute atomic E-state index is 12.9. The molecule has 0 atom stereocenters. The van der Waals surface area contributed by atoms with Gasteiger partial charge in [-0.1, -0.05) is 12.1 Å². The molecule has 0 spiro atoms. The summed E-state index contributed by atoms with van der Waals surface area (Å²) in [4.78, 5) is 15.3. The van der Waals surface area contributed by atoms with E-state index in [9.17, 15) is 4.79 Å². The highest BCUT2D eigenvalue weighted by atomic mass is 16.5. The molecule has 156 valence electrons. The van der Waals surface area contributed by atoms with Gasteiger partial charge in [0.15, 0.2) is 0 Å². The van der Waals surface area contributed by atoms with E-state index in [-0.39, 0.29) is 11.5 Å². The Morgan fingerprint density at radius 3 is 2.58 bits per heavy atom. The van der Waals surface area contributed by atoms with Gasteiger partial charge in [0.1, 0.15) is 16.9 Å². The number of aryl methyl sites for hydroxylation is 2. The van der Waals surface area contributed by atoms with Crippen LogP contribution in [0.4, 0.5) is 5.69 Å². The van der Waals surface area contributed by atoms with Crippen LogP contribution in [0.15, 0.2) is 50.0 Å². The van der Waals surface area contributed by atoms with Gasteiger partial charge in [-0.05, 0) is 55.5 Å². The molecule has 2 aliphatic rings. The molecule has 0 fully saturated rings. The van der Waals surface area contributed by atoms with Gasteiger partial charge < -0.3 is 18.5 Å². The third-order valence-electron chi connectivity index (χ3n) is 6.21. The van der Waals surface area contributed by atoms with Gasteiger partial charge >= 0.3 is 5.63 Å². The Bertz CT molecular complexity index is 1370. The quantitative estimate of drug-likeness (QED) is 0.464. The zero-order valence-corrected chi connectivity index (χ0v) is 17.2. The lowest BCUT2D eigenvalue weighted by Gasteiger charge is -2.37. The summed E-state index contributed by atoms with van der Waals surface area (Å²) in [6, 6.07) is 11.4. The monoisotopic (exact) mass is 415 g/mol. The molecule has 6 rings (SSSR count). The largest absolute Gasteiger partial charge is 0.496 e. The van der Waals surface area contributed by atoms with Crippen molar-refractivity contribution in [3.8, 4) is 28.7 Å². The van der Waals surface area contributed by atoms with Crippen LogP contribution in [0.5, 0.6) is 5.75 Å². The van der Waals surface area contributed by atoms with Crippen molar-refractivity contribution in [2.75, 3.05) is 25.1 Å². The van der Waals surface area contributed by atoms with Gasteiger partial charge in [-0.15, -0.1) is 10.2 Å². The molecule has 0 unspecified atom stereocenters. The number of benzene rings is 2. The van der Waals surface area contributed by atoms with Crippen LogP contribution in [0.3, 0.4) is 0 Å². The number of para-hydroxylation sites is 1. The molecule has 0 saturated carbocycles. The van der Waals surface area contributed by atoms with Gasteiger partial charge in [0.2, 0.25) is 0 Å². The third-order valence-corrected chi connectivity index (χ3v) is 6.21. The Morgan fingerprint density at radius 1 is 0.968 bits per heavy atom. The molecule has 0 aliphatic carbocycles. The number of ether oxygens (including phenoxy) is 1. The predicted molar refractivity (Wildman–Crippen MR) is 117 cm³/mol. The van der Waals surface area contributed by atoms with E-state index in [4.69, 9.17) is 13.6 Å². The number of rotatable bonds is 3. The highest BCUT2D eigenvalue weighted by molar-refractivity contribution is 5.90. The van der Waals surface area contributed by atoms with Crippen LogP contribution >= 0.6 is 0 Å². The van der Waals surface area contributed by atoms with Gasteiger partial charge in [0, 0.05) is 29.7 Å². The van der Waals surface area contributed by atoms with E-state index in [1.807, 2.05) is 30.3 Å². The molecule has 4 aromatic rings. The molecule has 0 radical (unpaired) electrons. The first-order valence-corrected chi connectivity index (χ1v) is 10.6. The van der Waals surface area contributed by atoms with Gasteiger partial charge in [-0.2, -0.15) is 0 Å². The van der Waals surface area contributed by atoms with E-state index in [2.05, 4.69) is 21.2 Å². The van der Waals surface area contributed by atoms with Crippen molar-refractivity contribution in [3.63, 3.8) is 0 Å². The molecule has 2 aromatic carbocycles. The van der Waals surface area contributed by atoms with Gasteiger partial charge in [-0.3, -0.25) is 0 Å². The maximum Gasteiger partial charge on any atom is 0.349 e. The summed E-state index contributed by atoms with van der Waals surface area (Å²) in [6.45, 7) is 2.14. The summed E-state index contributed by atoms with van der Waals surface area (Å²) < 4.78 is 17.1. The van der Waals surface area contributed by atoms with Crippen molar-refractivity contribution in [3.05, 3.63) is 57.9 Å². The summed E-state index contributed by atoms with van der Waals surface area (Å²) in [6.07, 6.45) is 4.19. The first-order valence-electron chi connectivity index (χ1n) is 10.6. The molecule has 31 heavy (non-hydrogen) atoms. The molecule has 7 nitrogen and oxygen atoms in total. The number of aromatic nitrogens is 2. The Hall–Kier alpha value is -3.61. The van der Waals surface area contributed by atoms with E-state index in [1.54, 1.807) is 7.11 Å². The second-order valence-electron chi connectivity index (χ2n) is 8.04. The number of nitrogens with zero attached hydrogens (tertiary/aromatic N) is 3. The zero-order valence-electron chi connectivity index (χ0n) is 17.2.